The third kappa shape index (κ3) is 1.61. The fourth-order valence-corrected chi connectivity index (χ4v) is 2.26. The van der Waals surface area contributed by atoms with Crippen LogP contribution in [0, 0.1) is 6.92 Å². The van der Waals surface area contributed by atoms with E-state index in [0.717, 1.165) is 5.56 Å². The summed E-state index contributed by atoms with van der Waals surface area (Å²) in [7, 11) is 0. The van der Waals surface area contributed by atoms with E-state index < -0.39 is 11.8 Å². The summed E-state index contributed by atoms with van der Waals surface area (Å²) in [5.74, 6) is 0. The fourth-order valence-electron chi connectivity index (χ4n) is 2.26. The van der Waals surface area contributed by atoms with Gasteiger partial charge in [0.1, 0.15) is 0 Å². The molecule has 0 saturated carbocycles. The van der Waals surface area contributed by atoms with Gasteiger partial charge in [0.25, 0.3) is 0 Å². The quantitative estimate of drug-likeness (QED) is 0.726. The van der Waals surface area contributed by atoms with Crippen molar-refractivity contribution in [2.45, 2.75) is 38.0 Å². The number of aryl methyl sites for hydroxylation is 2. The molecule has 0 fully saturated rings. The lowest BCUT2D eigenvalue weighted by Crippen LogP contribution is -2.44. The first kappa shape index (κ1) is 11.5. The zero-order valence-corrected chi connectivity index (χ0v) is 8.93. The van der Waals surface area contributed by atoms with Gasteiger partial charge >= 0.3 is 6.18 Å². The molecule has 0 spiro atoms. The molecule has 0 aromatic heterocycles. The van der Waals surface area contributed by atoms with Gasteiger partial charge in [0.15, 0.2) is 5.60 Å². The highest BCUT2D eigenvalue weighted by Crippen LogP contribution is 2.46. The van der Waals surface area contributed by atoms with Crippen LogP contribution in [0.4, 0.5) is 13.2 Å². The number of hydrogen-bond acceptors (Lipinski definition) is 1. The van der Waals surface area contributed by atoms with Crippen LogP contribution in [-0.4, -0.2) is 11.3 Å². The van der Waals surface area contributed by atoms with Crippen LogP contribution in [0.3, 0.4) is 0 Å². The normalized spacial score (nSPS) is 25.3. The van der Waals surface area contributed by atoms with Crippen LogP contribution in [0.1, 0.15) is 29.5 Å². The molecule has 1 N–H and O–H groups in total. The molecular weight excluding hydrogens is 217 g/mol. The first-order chi connectivity index (χ1) is 7.34. The molecule has 1 atom stereocenters. The third-order valence-electron chi connectivity index (χ3n) is 3.16. The van der Waals surface area contributed by atoms with Crippen molar-refractivity contribution in [1.82, 2.24) is 0 Å². The number of alkyl halides is 3. The summed E-state index contributed by atoms with van der Waals surface area (Å²) in [5, 5.41) is 9.86. The first-order valence-electron chi connectivity index (χ1n) is 5.24. The molecule has 0 amide bonds. The molecule has 16 heavy (non-hydrogen) atoms. The van der Waals surface area contributed by atoms with E-state index in [1.165, 1.54) is 6.07 Å². The van der Waals surface area contributed by atoms with Gasteiger partial charge in [-0.1, -0.05) is 23.8 Å². The molecule has 4 heteroatoms. The lowest BCUT2D eigenvalue weighted by molar-refractivity contribution is -0.271. The fraction of sp³-hybridized carbons (Fsp3) is 0.500. The molecule has 0 radical (unpaired) electrons. The second-order valence-corrected chi connectivity index (χ2v) is 4.37. The second kappa shape index (κ2) is 3.48. The summed E-state index contributed by atoms with van der Waals surface area (Å²) >= 11 is 0. The van der Waals surface area contributed by atoms with Crippen molar-refractivity contribution < 1.29 is 18.3 Å². The molecule has 1 aromatic rings. The maximum Gasteiger partial charge on any atom is 0.421 e. The second-order valence-electron chi connectivity index (χ2n) is 4.37. The maximum atomic E-state index is 12.9. The van der Waals surface area contributed by atoms with Crippen LogP contribution >= 0.6 is 0 Å². The van der Waals surface area contributed by atoms with Crippen LogP contribution in [-0.2, 0) is 12.0 Å². The van der Waals surface area contributed by atoms with Crippen LogP contribution in [0.15, 0.2) is 18.2 Å². The highest BCUT2D eigenvalue weighted by atomic mass is 19.4. The lowest BCUT2D eigenvalue weighted by Gasteiger charge is -2.36. The number of rotatable bonds is 0. The van der Waals surface area contributed by atoms with E-state index in [2.05, 4.69) is 0 Å². The highest BCUT2D eigenvalue weighted by Gasteiger charge is 2.56. The van der Waals surface area contributed by atoms with Gasteiger partial charge in [0.05, 0.1) is 0 Å². The molecule has 88 valence electrons. The minimum Gasteiger partial charge on any atom is -0.376 e. The van der Waals surface area contributed by atoms with E-state index in [9.17, 15) is 18.3 Å². The van der Waals surface area contributed by atoms with Crippen LogP contribution in [0.5, 0.6) is 0 Å². The van der Waals surface area contributed by atoms with E-state index in [-0.39, 0.29) is 12.0 Å². The zero-order chi connectivity index (χ0) is 12.0. The van der Waals surface area contributed by atoms with Crippen molar-refractivity contribution in [2.75, 3.05) is 0 Å². The average Bonchev–Trinajstić information content (AvgIpc) is 2.18. The summed E-state index contributed by atoms with van der Waals surface area (Å²) in [6.07, 6.45) is -3.87. The van der Waals surface area contributed by atoms with E-state index >= 15 is 0 Å². The van der Waals surface area contributed by atoms with Crippen LogP contribution in [0.25, 0.3) is 0 Å². The molecule has 0 aliphatic heterocycles. The Hall–Kier alpha value is -1.03. The monoisotopic (exact) mass is 230 g/mol. The molecule has 0 bridgehead atoms. The lowest BCUT2D eigenvalue weighted by atomic mass is 9.78. The topological polar surface area (TPSA) is 20.2 Å². The average molecular weight is 230 g/mol. The minimum absolute atomic E-state index is 0.0336. The summed E-state index contributed by atoms with van der Waals surface area (Å²) in [5.41, 5.74) is -1.28. The number of halogens is 3. The molecule has 1 aliphatic rings. The standard InChI is InChI=1S/C12H13F3O/c1-8-4-5-9-3-2-6-11(16,10(9)7-8)12(13,14)15/h4-5,7,16H,2-3,6H2,1H3. The molecule has 1 aliphatic carbocycles. The number of benzene rings is 1. The van der Waals surface area contributed by atoms with Gasteiger partial charge in [-0.2, -0.15) is 13.2 Å². The van der Waals surface area contributed by atoms with Crippen molar-refractivity contribution in [3.8, 4) is 0 Å². The van der Waals surface area contributed by atoms with Crippen LogP contribution in [0.2, 0.25) is 0 Å². The number of fused-ring (bicyclic) bond motifs is 1. The summed E-state index contributed by atoms with van der Waals surface area (Å²) in [4.78, 5) is 0. The van der Waals surface area contributed by atoms with Crippen molar-refractivity contribution in [3.05, 3.63) is 34.9 Å². The van der Waals surface area contributed by atoms with Gasteiger partial charge in [-0.25, -0.2) is 0 Å². The Morgan fingerprint density at radius 1 is 1.31 bits per heavy atom. The number of aliphatic hydroxyl groups is 1. The smallest absolute Gasteiger partial charge is 0.376 e. The number of hydrogen-bond donors (Lipinski definition) is 1. The third-order valence-corrected chi connectivity index (χ3v) is 3.16. The molecule has 1 aromatic carbocycles. The van der Waals surface area contributed by atoms with Crippen molar-refractivity contribution in [2.24, 2.45) is 0 Å². The first-order valence-corrected chi connectivity index (χ1v) is 5.24. The maximum absolute atomic E-state index is 12.9. The predicted octanol–water partition coefficient (Wildman–Crippen LogP) is 3.08. The Morgan fingerprint density at radius 3 is 2.62 bits per heavy atom. The van der Waals surface area contributed by atoms with E-state index in [1.807, 2.05) is 0 Å². The van der Waals surface area contributed by atoms with Crippen LogP contribution < -0.4 is 0 Å². The van der Waals surface area contributed by atoms with Gasteiger partial charge in [-0.3, -0.25) is 0 Å². The molecule has 1 unspecified atom stereocenters. The van der Waals surface area contributed by atoms with Gasteiger partial charge in [-0.05, 0) is 37.3 Å². The van der Waals surface area contributed by atoms with E-state index in [4.69, 9.17) is 0 Å². The highest BCUT2D eigenvalue weighted by molar-refractivity contribution is 5.38. The van der Waals surface area contributed by atoms with Crippen molar-refractivity contribution in [1.29, 1.82) is 0 Å². The van der Waals surface area contributed by atoms with Gasteiger partial charge in [0, 0.05) is 0 Å². The Morgan fingerprint density at radius 2 is 2.00 bits per heavy atom. The zero-order valence-electron chi connectivity index (χ0n) is 8.93. The Bertz CT molecular complexity index is 411. The SMILES string of the molecule is Cc1ccc2c(c1)C(O)(C(F)(F)F)CCC2. The summed E-state index contributed by atoms with van der Waals surface area (Å²) in [6, 6.07) is 4.91. The Balaban J connectivity index is 2.59. The van der Waals surface area contributed by atoms with Crippen molar-refractivity contribution in [3.63, 3.8) is 0 Å². The van der Waals surface area contributed by atoms with E-state index in [0.29, 0.717) is 18.4 Å². The Labute approximate surface area is 91.9 Å². The molecule has 1 nitrogen and oxygen atoms in total. The van der Waals surface area contributed by atoms with E-state index in [1.54, 1.807) is 19.1 Å². The van der Waals surface area contributed by atoms with Gasteiger partial charge in [-0.15, -0.1) is 0 Å². The van der Waals surface area contributed by atoms with Gasteiger partial charge in [0.2, 0.25) is 0 Å². The van der Waals surface area contributed by atoms with Gasteiger partial charge < -0.3 is 5.11 Å². The van der Waals surface area contributed by atoms with Crippen molar-refractivity contribution >= 4 is 0 Å². The summed E-state index contributed by atoms with van der Waals surface area (Å²) < 4.78 is 38.7. The minimum atomic E-state index is -4.60. The Kier molecular flexibility index (Phi) is 2.49. The molecule has 0 heterocycles. The largest absolute Gasteiger partial charge is 0.421 e. The molecule has 2 rings (SSSR count). The predicted molar refractivity (Wildman–Crippen MR) is 54.1 cm³/mol. The summed E-state index contributed by atoms with van der Waals surface area (Å²) in [6.45, 7) is 1.73. The molecular formula is C12H13F3O. The molecule has 0 saturated heterocycles.